The summed E-state index contributed by atoms with van der Waals surface area (Å²) in [5.41, 5.74) is 0. The highest BCUT2D eigenvalue weighted by Gasteiger charge is 2.22. The van der Waals surface area contributed by atoms with Crippen LogP contribution in [0.15, 0.2) is 23.1 Å². The molecule has 1 heterocycles. The van der Waals surface area contributed by atoms with Crippen LogP contribution in [0.4, 0.5) is 0 Å². The highest BCUT2D eigenvalue weighted by molar-refractivity contribution is 7.89. The molecule has 0 spiro atoms. The molecule has 1 aliphatic heterocycles. The second-order valence-electron chi connectivity index (χ2n) is 5.46. The van der Waals surface area contributed by atoms with Crippen LogP contribution in [-0.2, 0) is 10.0 Å². The quantitative estimate of drug-likeness (QED) is 0.821. The first kappa shape index (κ1) is 17.1. The van der Waals surface area contributed by atoms with Crippen LogP contribution in [0.5, 0.6) is 11.5 Å². The first-order valence-electron chi connectivity index (χ1n) is 7.43. The molecule has 1 N–H and O–H groups in total. The van der Waals surface area contributed by atoms with Crippen molar-refractivity contribution in [2.24, 2.45) is 0 Å². The second-order valence-corrected chi connectivity index (χ2v) is 7.23. The van der Waals surface area contributed by atoms with E-state index >= 15 is 0 Å². The monoisotopic (exact) mass is 328 g/mol. The van der Waals surface area contributed by atoms with Crippen LogP contribution >= 0.6 is 0 Å². The summed E-state index contributed by atoms with van der Waals surface area (Å²) in [5, 5.41) is 0. The predicted molar refractivity (Wildman–Crippen MR) is 85.0 cm³/mol. The van der Waals surface area contributed by atoms with E-state index in [1.807, 2.05) is 6.92 Å². The number of ether oxygens (including phenoxy) is 2. The Morgan fingerprint density at radius 3 is 2.41 bits per heavy atom. The smallest absolute Gasteiger partial charge is 0.240 e. The maximum Gasteiger partial charge on any atom is 0.240 e. The first-order valence-corrected chi connectivity index (χ1v) is 8.92. The topological polar surface area (TPSA) is 67.9 Å². The van der Waals surface area contributed by atoms with E-state index < -0.39 is 10.0 Å². The summed E-state index contributed by atoms with van der Waals surface area (Å²) in [6.45, 7) is 4.53. The second kappa shape index (κ2) is 7.30. The number of benzene rings is 1. The van der Waals surface area contributed by atoms with Crippen molar-refractivity contribution in [1.29, 1.82) is 0 Å². The Labute approximate surface area is 132 Å². The number of hydrogen-bond acceptors (Lipinski definition) is 5. The standard InChI is InChI=1S/C15H24N2O4S/c1-12(17-8-4-5-9-17)11-16-22(18,19)13-6-7-14(20-2)15(10-13)21-3/h6-7,10,12,16H,4-5,8-9,11H2,1-3H3. The van der Waals surface area contributed by atoms with Gasteiger partial charge in [0, 0.05) is 18.7 Å². The summed E-state index contributed by atoms with van der Waals surface area (Å²) >= 11 is 0. The zero-order valence-electron chi connectivity index (χ0n) is 13.3. The molecule has 0 aromatic heterocycles. The first-order chi connectivity index (χ1) is 10.5. The Kier molecular flexibility index (Phi) is 5.66. The van der Waals surface area contributed by atoms with Gasteiger partial charge in [-0.05, 0) is 45.0 Å². The van der Waals surface area contributed by atoms with Gasteiger partial charge in [-0.25, -0.2) is 13.1 Å². The third-order valence-electron chi connectivity index (χ3n) is 4.00. The molecule has 1 atom stereocenters. The number of nitrogens with one attached hydrogen (secondary N) is 1. The van der Waals surface area contributed by atoms with Crippen molar-refractivity contribution >= 4 is 10.0 Å². The van der Waals surface area contributed by atoms with E-state index in [4.69, 9.17) is 9.47 Å². The Bertz CT molecular complexity index is 598. The Hall–Kier alpha value is -1.31. The van der Waals surface area contributed by atoms with Gasteiger partial charge < -0.3 is 9.47 Å². The highest BCUT2D eigenvalue weighted by Crippen LogP contribution is 2.29. The van der Waals surface area contributed by atoms with E-state index in [9.17, 15) is 8.42 Å². The fourth-order valence-electron chi connectivity index (χ4n) is 2.61. The summed E-state index contributed by atoms with van der Waals surface area (Å²) in [7, 11) is -0.556. The van der Waals surface area contributed by atoms with E-state index in [0.29, 0.717) is 18.0 Å². The molecule has 22 heavy (non-hydrogen) atoms. The van der Waals surface area contributed by atoms with Gasteiger partial charge in [0.15, 0.2) is 11.5 Å². The van der Waals surface area contributed by atoms with Gasteiger partial charge in [0.2, 0.25) is 10.0 Å². The maximum absolute atomic E-state index is 12.4. The normalized spacial score (nSPS) is 17.4. The fraction of sp³-hybridized carbons (Fsp3) is 0.600. The predicted octanol–water partition coefficient (Wildman–Crippen LogP) is 1.47. The van der Waals surface area contributed by atoms with Gasteiger partial charge in [0.05, 0.1) is 19.1 Å². The molecule has 2 rings (SSSR count). The Morgan fingerprint density at radius 1 is 1.18 bits per heavy atom. The van der Waals surface area contributed by atoms with Crippen molar-refractivity contribution < 1.29 is 17.9 Å². The largest absolute Gasteiger partial charge is 0.493 e. The van der Waals surface area contributed by atoms with Crippen molar-refractivity contribution in [3.8, 4) is 11.5 Å². The van der Waals surface area contributed by atoms with Gasteiger partial charge >= 0.3 is 0 Å². The van der Waals surface area contributed by atoms with E-state index in [0.717, 1.165) is 13.1 Å². The number of methoxy groups -OCH3 is 2. The number of sulfonamides is 1. The molecule has 6 nitrogen and oxygen atoms in total. The molecule has 1 saturated heterocycles. The van der Waals surface area contributed by atoms with E-state index in [2.05, 4.69) is 9.62 Å². The van der Waals surface area contributed by atoms with E-state index in [1.54, 1.807) is 6.07 Å². The van der Waals surface area contributed by atoms with Gasteiger partial charge in [-0.1, -0.05) is 0 Å². The zero-order chi connectivity index (χ0) is 16.2. The Balaban J connectivity index is 2.06. The lowest BCUT2D eigenvalue weighted by Crippen LogP contribution is -2.40. The molecule has 0 aliphatic carbocycles. The van der Waals surface area contributed by atoms with Crippen LogP contribution in [0.2, 0.25) is 0 Å². The number of likely N-dealkylation sites (tertiary alicyclic amines) is 1. The van der Waals surface area contributed by atoms with Crippen LogP contribution < -0.4 is 14.2 Å². The van der Waals surface area contributed by atoms with Crippen LogP contribution in [0.1, 0.15) is 19.8 Å². The van der Waals surface area contributed by atoms with Crippen molar-refractivity contribution in [1.82, 2.24) is 9.62 Å². The van der Waals surface area contributed by atoms with Crippen LogP contribution in [0, 0.1) is 0 Å². The molecule has 0 radical (unpaired) electrons. The third kappa shape index (κ3) is 3.91. The summed E-state index contributed by atoms with van der Waals surface area (Å²) in [4.78, 5) is 2.48. The Morgan fingerprint density at radius 2 is 1.82 bits per heavy atom. The summed E-state index contributed by atoms with van der Waals surface area (Å²) in [5.74, 6) is 0.907. The van der Waals surface area contributed by atoms with Gasteiger partial charge in [-0.15, -0.1) is 0 Å². The minimum atomic E-state index is -3.55. The van der Waals surface area contributed by atoms with Gasteiger partial charge in [-0.3, -0.25) is 4.90 Å². The van der Waals surface area contributed by atoms with Crippen LogP contribution in [-0.4, -0.2) is 53.2 Å². The minimum Gasteiger partial charge on any atom is -0.493 e. The summed E-state index contributed by atoms with van der Waals surface area (Å²) in [6.07, 6.45) is 2.37. The number of hydrogen-bond donors (Lipinski definition) is 1. The molecular formula is C15H24N2O4S. The van der Waals surface area contributed by atoms with Gasteiger partial charge in [0.25, 0.3) is 0 Å². The number of rotatable bonds is 7. The molecule has 0 saturated carbocycles. The molecule has 1 aromatic rings. The minimum absolute atomic E-state index is 0.179. The molecule has 1 aliphatic rings. The maximum atomic E-state index is 12.4. The van der Waals surface area contributed by atoms with Crippen LogP contribution in [0.25, 0.3) is 0 Å². The summed E-state index contributed by atoms with van der Waals surface area (Å²) < 4.78 is 37.7. The van der Waals surface area contributed by atoms with Crippen LogP contribution in [0.3, 0.4) is 0 Å². The van der Waals surface area contributed by atoms with Gasteiger partial charge in [-0.2, -0.15) is 0 Å². The van der Waals surface area contributed by atoms with Gasteiger partial charge in [0.1, 0.15) is 0 Å². The molecular weight excluding hydrogens is 304 g/mol. The SMILES string of the molecule is COc1ccc(S(=O)(=O)NCC(C)N2CCCC2)cc1OC. The summed E-state index contributed by atoms with van der Waals surface area (Å²) in [6, 6.07) is 4.78. The molecule has 1 unspecified atom stereocenters. The lowest BCUT2D eigenvalue weighted by atomic mass is 10.3. The fourth-order valence-corrected chi connectivity index (χ4v) is 3.75. The van der Waals surface area contributed by atoms with Crippen molar-refractivity contribution in [3.05, 3.63) is 18.2 Å². The lowest BCUT2D eigenvalue weighted by molar-refractivity contribution is 0.260. The van der Waals surface area contributed by atoms with Crippen molar-refractivity contribution in [2.45, 2.75) is 30.7 Å². The molecule has 1 fully saturated rings. The van der Waals surface area contributed by atoms with Crippen molar-refractivity contribution in [3.63, 3.8) is 0 Å². The average Bonchev–Trinajstić information content (AvgIpc) is 3.06. The number of nitrogens with zero attached hydrogens (tertiary/aromatic N) is 1. The lowest BCUT2D eigenvalue weighted by Gasteiger charge is -2.23. The van der Waals surface area contributed by atoms with E-state index in [-0.39, 0.29) is 10.9 Å². The van der Waals surface area contributed by atoms with Crippen molar-refractivity contribution in [2.75, 3.05) is 33.9 Å². The third-order valence-corrected chi connectivity index (χ3v) is 5.42. The highest BCUT2D eigenvalue weighted by atomic mass is 32.2. The average molecular weight is 328 g/mol. The molecule has 0 bridgehead atoms. The van der Waals surface area contributed by atoms with E-state index in [1.165, 1.54) is 39.2 Å². The molecule has 124 valence electrons. The zero-order valence-corrected chi connectivity index (χ0v) is 14.1. The molecule has 0 amide bonds. The molecule has 1 aromatic carbocycles. The molecule has 7 heteroatoms.